The Kier molecular flexibility index (Phi) is 5.14. The van der Waals surface area contributed by atoms with Gasteiger partial charge >= 0.3 is 0 Å². The van der Waals surface area contributed by atoms with Crippen LogP contribution in [-0.4, -0.2) is 20.7 Å². The summed E-state index contributed by atoms with van der Waals surface area (Å²) in [5.41, 5.74) is 4.98. The number of carbonyl (C=O) groups is 1. The fourth-order valence-electron chi connectivity index (χ4n) is 3.25. The van der Waals surface area contributed by atoms with E-state index in [9.17, 15) is 9.18 Å². The summed E-state index contributed by atoms with van der Waals surface area (Å²) in [5.74, 6) is -0.571. The molecule has 0 saturated carbocycles. The Morgan fingerprint density at radius 3 is 2.50 bits per heavy atom. The number of benzene rings is 3. The summed E-state index contributed by atoms with van der Waals surface area (Å²) in [6.45, 7) is 6.02. The van der Waals surface area contributed by atoms with E-state index in [1.54, 1.807) is 16.8 Å². The van der Waals surface area contributed by atoms with E-state index in [4.69, 9.17) is 0 Å². The number of hydrogen-bond acceptors (Lipinski definition) is 3. The van der Waals surface area contributed by atoms with Crippen molar-refractivity contribution in [2.75, 3.05) is 5.32 Å². The van der Waals surface area contributed by atoms with Crippen LogP contribution in [0.5, 0.6) is 0 Å². The van der Waals surface area contributed by atoms with Gasteiger partial charge in [-0.25, -0.2) is 14.1 Å². The van der Waals surface area contributed by atoms with Crippen molar-refractivity contribution in [3.05, 3.63) is 95.1 Å². The van der Waals surface area contributed by atoms with Crippen molar-refractivity contribution in [1.29, 1.82) is 0 Å². The van der Waals surface area contributed by atoms with Crippen LogP contribution >= 0.6 is 0 Å². The molecule has 0 aliphatic carbocycles. The van der Waals surface area contributed by atoms with Gasteiger partial charge in [0.05, 0.1) is 11.4 Å². The molecule has 5 nitrogen and oxygen atoms in total. The minimum absolute atomic E-state index is 0.0318. The van der Waals surface area contributed by atoms with Crippen LogP contribution in [0.15, 0.2) is 66.7 Å². The number of aromatic nitrogens is 3. The molecule has 1 N–H and O–H groups in total. The Morgan fingerprint density at radius 1 is 0.967 bits per heavy atom. The molecule has 3 aromatic carbocycles. The Labute approximate surface area is 174 Å². The van der Waals surface area contributed by atoms with Gasteiger partial charge < -0.3 is 5.32 Å². The van der Waals surface area contributed by atoms with E-state index in [0.29, 0.717) is 5.82 Å². The second kappa shape index (κ2) is 7.91. The maximum absolute atomic E-state index is 14.0. The first-order valence-corrected chi connectivity index (χ1v) is 9.60. The van der Waals surface area contributed by atoms with Gasteiger partial charge in [0.15, 0.2) is 5.82 Å². The van der Waals surface area contributed by atoms with Gasteiger partial charge in [0.2, 0.25) is 5.82 Å². The van der Waals surface area contributed by atoms with Gasteiger partial charge in [-0.05, 0) is 56.2 Å². The minimum Gasteiger partial charge on any atom is -0.317 e. The summed E-state index contributed by atoms with van der Waals surface area (Å²) >= 11 is 0. The predicted molar refractivity (Wildman–Crippen MR) is 115 cm³/mol. The van der Waals surface area contributed by atoms with Crippen LogP contribution < -0.4 is 5.32 Å². The molecule has 4 rings (SSSR count). The van der Waals surface area contributed by atoms with E-state index in [1.165, 1.54) is 12.1 Å². The summed E-state index contributed by atoms with van der Waals surface area (Å²) in [7, 11) is 0. The molecule has 0 spiro atoms. The van der Waals surface area contributed by atoms with Crippen LogP contribution in [0.25, 0.3) is 17.1 Å². The molecule has 150 valence electrons. The number of para-hydroxylation sites is 1. The number of nitrogens with one attached hydrogen (secondary N) is 1. The average molecular weight is 400 g/mol. The molecular weight excluding hydrogens is 379 g/mol. The molecule has 1 aromatic heterocycles. The summed E-state index contributed by atoms with van der Waals surface area (Å²) in [6.07, 6.45) is 0. The third-order valence-electron chi connectivity index (χ3n) is 5.01. The van der Waals surface area contributed by atoms with Crippen molar-refractivity contribution in [2.45, 2.75) is 20.8 Å². The fourth-order valence-corrected chi connectivity index (χ4v) is 3.25. The van der Waals surface area contributed by atoms with Crippen LogP contribution in [0.4, 0.5) is 10.1 Å². The van der Waals surface area contributed by atoms with Crippen molar-refractivity contribution < 1.29 is 9.18 Å². The van der Waals surface area contributed by atoms with Crippen molar-refractivity contribution in [1.82, 2.24) is 14.8 Å². The summed E-state index contributed by atoms with van der Waals surface area (Å²) < 4.78 is 15.6. The number of anilines is 1. The topological polar surface area (TPSA) is 59.8 Å². The quantitative estimate of drug-likeness (QED) is 0.509. The number of carbonyl (C=O) groups excluding carboxylic acids is 1. The zero-order valence-electron chi connectivity index (χ0n) is 17.0. The van der Waals surface area contributed by atoms with E-state index >= 15 is 0 Å². The third kappa shape index (κ3) is 3.72. The lowest BCUT2D eigenvalue weighted by Gasteiger charge is -2.11. The van der Waals surface area contributed by atoms with Crippen LogP contribution in [0.1, 0.15) is 27.3 Å². The largest absolute Gasteiger partial charge is 0.317 e. The summed E-state index contributed by atoms with van der Waals surface area (Å²) in [6, 6.07) is 19.8. The highest BCUT2D eigenvalue weighted by Crippen LogP contribution is 2.25. The summed E-state index contributed by atoms with van der Waals surface area (Å²) in [4.78, 5) is 17.3. The smallest absolute Gasteiger partial charge is 0.295 e. The van der Waals surface area contributed by atoms with Gasteiger partial charge in [-0.3, -0.25) is 4.79 Å². The van der Waals surface area contributed by atoms with E-state index < -0.39 is 11.7 Å². The number of rotatable bonds is 4. The van der Waals surface area contributed by atoms with Crippen molar-refractivity contribution in [3.63, 3.8) is 0 Å². The molecule has 0 aliphatic rings. The maximum Gasteiger partial charge on any atom is 0.295 e. The number of halogens is 1. The molecule has 0 bridgehead atoms. The second-order valence-corrected chi connectivity index (χ2v) is 7.19. The molecule has 0 unspecified atom stereocenters. The number of hydrogen-bond donors (Lipinski definition) is 1. The van der Waals surface area contributed by atoms with Gasteiger partial charge in [0.25, 0.3) is 5.91 Å². The highest BCUT2D eigenvalue weighted by Gasteiger charge is 2.21. The lowest BCUT2D eigenvalue weighted by molar-refractivity contribution is 0.101. The highest BCUT2D eigenvalue weighted by molar-refractivity contribution is 6.01. The first-order chi connectivity index (χ1) is 14.4. The lowest BCUT2D eigenvalue weighted by atomic mass is 10.1. The predicted octanol–water partition coefficient (Wildman–Crippen LogP) is 5.25. The first kappa shape index (κ1) is 19.5. The zero-order chi connectivity index (χ0) is 21.3. The summed E-state index contributed by atoms with van der Waals surface area (Å²) in [5, 5.41) is 7.04. The van der Waals surface area contributed by atoms with Crippen LogP contribution in [0.2, 0.25) is 0 Å². The average Bonchev–Trinajstić information content (AvgIpc) is 3.17. The van der Waals surface area contributed by atoms with Gasteiger partial charge in [-0.2, -0.15) is 0 Å². The Bertz CT molecular complexity index is 1250. The van der Waals surface area contributed by atoms with Gasteiger partial charge in [-0.1, -0.05) is 48.0 Å². The Balaban J connectivity index is 1.83. The fraction of sp³-hybridized carbons (Fsp3) is 0.125. The molecule has 6 heteroatoms. The van der Waals surface area contributed by atoms with E-state index in [1.807, 2.05) is 63.2 Å². The van der Waals surface area contributed by atoms with Crippen LogP contribution in [0, 0.1) is 26.6 Å². The molecule has 4 aromatic rings. The van der Waals surface area contributed by atoms with Gasteiger partial charge in [0.1, 0.15) is 5.82 Å². The maximum atomic E-state index is 14.0. The number of nitrogens with zero attached hydrogens (tertiary/aromatic N) is 3. The second-order valence-electron chi connectivity index (χ2n) is 7.19. The van der Waals surface area contributed by atoms with Crippen LogP contribution in [-0.2, 0) is 0 Å². The van der Waals surface area contributed by atoms with E-state index in [-0.39, 0.29) is 11.5 Å². The normalized spacial score (nSPS) is 10.8. The molecule has 0 aliphatic heterocycles. The molecule has 0 atom stereocenters. The van der Waals surface area contributed by atoms with E-state index in [0.717, 1.165) is 27.9 Å². The Hall–Kier alpha value is -3.80. The molecule has 0 saturated heterocycles. The van der Waals surface area contributed by atoms with Crippen molar-refractivity contribution >= 4 is 11.6 Å². The zero-order valence-corrected chi connectivity index (χ0v) is 17.0. The SMILES string of the molecule is Cc1cccc(-c2nc(C(=O)Nc3ccccc3F)nn2-c2cccc(C)c2C)c1. The molecule has 1 heterocycles. The number of amides is 1. The first-order valence-electron chi connectivity index (χ1n) is 9.60. The molecule has 0 fully saturated rings. The molecule has 1 amide bonds. The van der Waals surface area contributed by atoms with Gasteiger partial charge in [0, 0.05) is 5.56 Å². The Morgan fingerprint density at radius 2 is 1.73 bits per heavy atom. The third-order valence-corrected chi connectivity index (χ3v) is 5.01. The molecule has 30 heavy (non-hydrogen) atoms. The highest BCUT2D eigenvalue weighted by atomic mass is 19.1. The van der Waals surface area contributed by atoms with Crippen LogP contribution in [0.3, 0.4) is 0 Å². The monoisotopic (exact) mass is 400 g/mol. The van der Waals surface area contributed by atoms with Crippen molar-refractivity contribution in [2.24, 2.45) is 0 Å². The number of aryl methyl sites for hydroxylation is 2. The molecule has 0 radical (unpaired) electrons. The molecular formula is C24H21FN4O. The standard InChI is InChI=1S/C24H21FN4O/c1-15-8-6-10-18(14-15)23-27-22(24(30)26-20-12-5-4-11-19(20)25)28-29(23)21-13-7-9-16(2)17(21)3/h4-14H,1-3H3,(H,26,30). The van der Waals surface area contributed by atoms with Gasteiger partial charge in [-0.15, -0.1) is 5.10 Å². The van der Waals surface area contributed by atoms with E-state index in [2.05, 4.69) is 15.4 Å². The minimum atomic E-state index is -0.571. The van der Waals surface area contributed by atoms with Crippen molar-refractivity contribution in [3.8, 4) is 17.1 Å². The lowest BCUT2D eigenvalue weighted by Crippen LogP contribution is -2.15.